The molecule has 0 radical (unpaired) electrons. The molecule has 0 aromatic carbocycles. The summed E-state index contributed by atoms with van der Waals surface area (Å²) in [7, 11) is 0. The lowest BCUT2D eigenvalue weighted by Crippen LogP contribution is -2.07. The van der Waals surface area contributed by atoms with E-state index in [0.717, 1.165) is 6.42 Å². The SMILES string of the molecule is C=C/C=C\C=CCCC(O)CCO. The smallest absolute Gasteiger partial charge is 0.0565 e. The summed E-state index contributed by atoms with van der Waals surface area (Å²) in [5, 5.41) is 17.7. The molecule has 0 aliphatic heterocycles. The van der Waals surface area contributed by atoms with Crippen LogP contribution < -0.4 is 0 Å². The normalized spacial score (nSPS) is 14.0. The summed E-state index contributed by atoms with van der Waals surface area (Å²) >= 11 is 0. The van der Waals surface area contributed by atoms with Crippen molar-refractivity contribution < 1.29 is 10.2 Å². The van der Waals surface area contributed by atoms with Crippen molar-refractivity contribution in [3.8, 4) is 0 Å². The summed E-state index contributed by atoms with van der Waals surface area (Å²) in [4.78, 5) is 0. The summed E-state index contributed by atoms with van der Waals surface area (Å²) in [5.41, 5.74) is 0. The highest BCUT2D eigenvalue weighted by Crippen LogP contribution is 2.01. The highest BCUT2D eigenvalue weighted by atomic mass is 16.3. The van der Waals surface area contributed by atoms with Crippen molar-refractivity contribution in [2.75, 3.05) is 6.61 Å². The fraction of sp³-hybridized carbons (Fsp3) is 0.455. The van der Waals surface area contributed by atoms with E-state index in [1.165, 1.54) is 0 Å². The lowest BCUT2D eigenvalue weighted by Gasteiger charge is -2.05. The molecule has 0 aromatic rings. The predicted octanol–water partition coefficient (Wildman–Crippen LogP) is 1.81. The van der Waals surface area contributed by atoms with Crippen LogP contribution in [0.1, 0.15) is 19.3 Å². The summed E-state index contributed by atoms with van der Waals surface area (Å²) in [5.74, 6) is 0. The third-order valence-corrected chi connectivity index (χ3v) is 1.62. The second-order valence-electron chi connectivity index (χ2n) is 2.79. The molecule has 0 aliphatic carbocycles. The quantitative estimate of drug-likeness (QED) is 0.589. The van der Waals surface area contributed by atoms with Gasteiger partial charge in [0, 0.05) is 6.61 Å². The molecule has 0 rings (SSSR count). The van der Waals surface area contributed by atoms with E-state index in [-0.39, 0.29) is 12.7 Å². The molecule has 2 heteroatoms. The van der Waals surface area contributed by atoms with Crippen LogP contribution in [0.25, 0.3) is 0 Å². The minimum Gasteiger partial charge on any atom is -0.396 e. The fourth-order valence-corrected chi connectivity index (χ4v) is 0.899. The van der Waals surface area contributed by atoms with Crippen LogP contribution in [0, 0.1) is 0 Å². The third kappa shape index (κ3) is 9.05. The first kappa shape index (κ1) is 12.1. The largest absolute Gasteiger partial charge is 0.396 e. The van der Waals surface area contributed by atoms with E-state index in [2.05, 4.69) is 6.58 Å². The highest BCUT2D eigenvalue weighted by molar-refractivity contribution is 5.08. The molecule has 0 amide bonds. The van der Waals surface area contributed by atoms with Crippen molar-refractivity contribution in [3.05, 3.63) is 37.0 Å². The standard InChI is InChI=1S/C11H18O2/c1-2-3-4-5-6-7-8-11(13)9-10-12/h2-6,11-13H,1,7-10H2/b4-3-,6-5?. The van der Waals surface area contributed by atoms with Crippen LogP contribution in [-0.4, -0.2) is 22.9 Å². The van der Waals surface area contributed by atoms with Gasteiger partial charge in [-0.05, 0) is 19.3 Å². The molecule has 74 valence electrons. The number of hydrogen-bond acceptors (Lipinski definition) is 2. The molecule has 0 aromatic heterocycles. The Balaban J connectivity index is 3.37. The third-order valence-electron chi connectivity index (χ3n) is 1.62. The first-order valence-corrected chi connectivity index (χ1v) is 4.54. The molecule has 0 fully saturated rings. The Morgan fingerprint density at radius 3 is 2.54 bits per heavy atom. The minimum atomic E-state index is -0.377. The van der Waals surface area contributed by atoms with Crippen molar-refractivity contribution in [2.45, 2.75) is 25.4 Å². The zero-order valence-electron chi connectivity index (χ0n) is 7.89. The Hall–Kier alpha value is -0.860. The first-order chi connectivity index (χ1) is 6.31. The second kappa shape index (κ2) is 9.23. The molecule has 0 saturated heterocycles. The molecular weight excluding hydrogens is 164 g/mol. The van der Waals surface area contributed by atoms with Gasteiger partial charge in [0.1, 0.15) is 0 Å². The topological polar surface area (TPSA) is 40.5 Å². The van der Waals surface area contributed by atoms with E-state index in [0.29, 0.717) is 12.8 Å². The van der Waals surface area contributed by atoms with Gasteiger partial charge >= 0.3 is 0 Å². The molecule has 1 unspecified atom stereocenters. The van der Waals surface area contributed by atoms with Gasteiger partial charge in [-0.15, -0.1) is 0 Å². The maximum atomic E-state index is 9.22. The Kier molecular flexibility index (Phi) is 8.62. The van der Waals surface area contributed by atoms with E-state index in [9.17, 15) is 5.11 Å². The number of allylic oxidation sites excluding steroid dienone is 5. The number of aliphatic hydroxyl groups excluding tert-OH is 2. The summed E-state index contributed by atoms with van der Waals surface area (Å²) in [6.07, 6.45) is 11.0. The monoisotopic (exact) mass is 182 g/mol. The molecule has 0 heterocycles. The molecule has 0 saturated carbocycles. The van der Waals surface area contributed by atoms with Gasteiger partial charge in [0.05, 0.1) is 6.10 Å². The molecule has 0 spiro atoms. The van der Waals surface area contributed by atoms with Gasteiger partial charge in [-0.1, -0.05) is 37.0 Å². The Morgan fingerprint density at radius 2 is 1.92 bits per heavy atom. The molecule has 2 nitrogen and oxygen atoms in total. The Labute approximate surface area is 79.9 Å². The van der Waals surface area contributed by atoms with Crippen LogP contribution in [0.5, 0.6) is 0 Å². The predicted molar refractivity (Wildman–Crippen MR) is 55.4 cm³/mol. The summed E-state index contributed by atoms with van der Waals surface area (Å²) < 4.78 is 0. The lowest BCUT2D eigenvalue weighted by molar-refractivity contribution is 0.126. The second-order valence-corrected chi connectivity index (χ2v) is 2.79. The lowest BCUT2D eigenvalue weighted by atomic mass is 10.1. The number of hydrogen-bond donors (Lipinski definition) is 2. The van der Waals surface area contributed by atoms with E-state index >= 15 is 0 Å². The fourth-order valence-electron chi connectivity index (χ4n) is 0.899. The van der Waals surface area contributed by atoms with Crippen molar-refractivity contribution in [3.63, 3.8) is 0 Å². The number of aliphatic hydroxyl groups is 2. The first-order valence-electron chi connectivity index (χ1n) is 4.54. The van der Waals surface area contributed by atoms with Crippen LogP contribution in [0.15, 0.2) is 37.0 Å². The highest BCUT2D eigenvalue weighted by Gasteiger charge is 1.99. The minimum absolute atomic E-state index is 0.0568. The van der Waals surface area contributed by atoms with E-state index in [1.54, 1.807) is 6.08 Å². The Bertz CT molecular complexity index is 171. The maximum Gasteiger partial charge on any atom is 0.0565 e. The van der Waals surface area contributed by atoms with Crippen LogP contribution in [0.3, 0.4) is 0 Å². The van der Waals surface area contributed by atoms with Crippen LogP contribution in [0.2, 0.25) is 0 Å². The van der Waals surface area contributed by atoms with E-state index < -0.39 is 0 Å². The molecule has 0 aliphatic rings. The Morgan fingerprint density at radius 1 is 1.15 bits per heavy atom. The average Bonchev–Trinajstić information content (AvgIpc) is 2.11. The van der Waals surface area contributed by atoms with Crippen LogP contribution in [0.4, 0.5) is 0 Å². The van der Waals surface area contributed by atoms with Gasteiger partial charge in [0.15, 0.2) is 0 Å². The van der Waals surface area contributed by atoms with Crippen LogP contribution >= 0.6 is 0 Å². The molecule has 0 bridgehead atoms. The van der Waals surface area contributed by atoms with Crippen molar-refractivity contribution in [2.24, 2.45) is 0 Å². The van der Waals surface area contributed by atoms with Crippen molar-refractivity contribution in [1.29, 1.82) is 0 Å². The molecule has 1 atom stereocenters. The maximum absolute atomic E-state index is 9.22. The van der Waals surface area contributed by atoms with Gasteiger partial charge in [0.2, 0.25) is 0 Å². The van der Waals surface area contributed by atoms with Crippen molar-refractivity contribution >= 4 is 0 Å². The van der Waals surface area contributed by atoms with Gasteiger partial charge in [-0.2, -0.15) is 0 Å². The molecule has 2 N–H and O–H groups in total. The molecular formula is C11H18O2. The zero-order chi connectivity index (χ0) is 9.94. The van der Waals surface area contributed by atoms with Gasteiger partial charge in [-0.3, -0.25) is 0 Å². The van der Waals surface area contributed by atoms with Crippen molar-refractivity contribution in [1.82, 2.24) is 0 Å². The summed E-state index contributed by atoms with van der Waals surface area (Å²) in [6, 6.07) is 0. The van der Waals surface area contributed by atoms with Gasteiger partial charge in [-0.25, -0.2) is 0 Å². The van der Waals surface area contributed by atoms with E-state index in [4.69, 9.17) is 5.11 Å². The zero-order valence-corrected chi connectivity index (χ0v) is 7.89. The average molecular weight is 182 g/mol. The summed E-state index contributed by atoms with van der Waals surface area (Å²) in [6.45, 7) is 3.60. The van der Waals surface area contributed by atoms with E-state index in [1.807, 2.05) is 24.3 Å². The van der Waals surface area contributed by atoms with Crippen LogP contribution in [-0.2, 0) is 0 Å². The van der Waals surface area contributed by atoms with Gasteiger partial charge in [0.25, 0.3) is 0 Å². The number of rotatable bonds is 7. The molecule has 13 heavy (non-hydrogen) atoms. The van der Waals surface area contributed by atoms with Gasteiger partial charge < -0.3 is 10.2 Å².